The van der Waals surface area contributed by atoms with Gasteiger partial charge in [0.1, 0.15) is 0 Å². The first-order valence-electron chi connectivity index (χ1n) is 8.01. The number of ether oxygens (including phenoxy) is 2. The van der Waals surface area contributed by atoms with Crippen molar-refractivity contribution in [1.29, 1.82) is 0 Å². The normalized spacial score (nSPS) is 11.7. The van der Waals surface area contributed by atoms with Crippen molar-refractivity contribution in [3.63, 3.8) is 0 Å². The number of nitrogens with one attached hydrogen (secondary N) is 1. The third-order valence-corrected chi connectivity index (χ3v) is 4.05. The van der Waals surface area contributed by atoms with Crippen molar-refractivity contribution in [3.05, 3.63) is 58.1 Å². The van der Waals surface area contributed by atoms with Crippen molar-refractivity contribution in [2.75, 3.05) is 13.2 Å². The average Bonchev–Trinajstić information content (AvgIpc) is 2.57. The van der Waals surface area contributed by atoms with Crippen molar-refractivity contribution in [2.45, 2.75) is 26.8 Å². The molecule has 0 fully saturated rings. The molecule has 1 atom stereocenters. The molecule has 0 bridgehead atoms. The number of rotatable bonds is 7. The molecule has 0 saturated heterocycles. The fourth-order valence-corrected chi connectivity index (χ4v) is 2.57. The molecular weight excluding hydrogens is 370 g/mol. The van der Waals surface area contributed by atoms with Crippen LogP contribution in [-0.2, 0) is 0 Å². The van der Waals surface area contributed by atoms with Gasteiger partial charge < -0.3 is 14.8 Å². The highest BCUT2D eigenvalue weighted by atomic mass is 79.9. The fourth-order valence-electron chi connectivity index (χ4n) is 2.31. The lowest BCUT2D eigenvalue weighted by Crippen LogP contribution is -2.26. The second-order valence-corrected chi connectivity index (χ2v) is 6.19. The molecule has 4 nitrogen and oxygen atoms in total. The second-order valence-electron chi connectivity index (χ2n) is 5.27. The highest BCUT2D eigenvalue weighted by Crippen LogP contribution is 2.28. The van der Waals surface area contributed by atoms with E-state index in [1.165, 1.54) is 0 Å². The second kappa shape index (κ2) is 8.73. The van der Waals surface area contributed by atoms with Gasteiger partial charge in [-0.15, -0.1) is 0 Å². The molecule has 0 saturated carbocycles. The molecule has 1 unspecified atom stereocenters. The van der Waals surface area contributed by atoms with Crippen LogP contribution in [0.15, 0.2) is 46.9 Å². The van der Waals surface area contributed by atoms with Crippen LogP contribution in [0, 0.1) is 0 Å². The van der Waals surface area contributed by atoms with Crippen LogP contribution in [-0.4, -0.2) is 19.1 Å². The monoisotopic (exact) mass is 391 g/mol. The largest absolute Gasteiger partial charge is 0.490 e. The molecule has 0 aromatic heterocycles. The number of halogens is 1. The van der Waals surface area contributed by atoms with Gasteiger partial charge in [0.05, 0.1) is 19.3 Å². The van der Waals surface area contributed by atoms with Crippen molar-refractivity contribution >= 4 is 21.8 Å². The van der Waals surface area contributed by atoms with Gasteiger partial charge in [0, 0.05) is 10.0 Å². The van der Waals surface area contributed by atoms with Gasteiger partial charge in [-0.05, 0) is 56.7 Å². The topological polar surface area (TPSA) is 47.6 Å². The third kappa shape index (κ3) is 4.74. The maximum atomic E-state index is 12.5. The SMILES string of the molecule is CCOc1ccc(C(=O)NC(C)c2ccc(Br)cc2)cc1OCC. The summed E-state index contributed by atoms with van der Waals surface area (Å²) in [7, 11) is 0. The van der Waals surface area contributed by atoms with Crippen LogP contribution >= 0.6 is 15.9 Å². The molecule has 2 aromatic rings. The minimum Gasteiger partial charge on any atom is -0.490 e. The summed E-state index contributed by atoms with van der Waals surface area (Å²) in [5, 5.41) is 3.00. The first kappa shape index (κ1) is 18.3. The molecule has 1 N–H and O–H groups in total. The molecule has 0 aliphatic rings. The van der Waals surface area contributed by atoms with Crippen LogP contribution in [0.25, 0.3) is 0 Å². The van der Waals surface area contributed by atoms with Crippen LogP contribution in [0.3, 0.4) is 0 Å². The van der Waals surface area contributed by atoms with E-state index in [1.807, 2.05) is 45.0 Å². The van der Waals surface area contributed by atoms with Gasteiger partial charge in [-0.3, -0.25) is 4.79 Å². The van der Waals surface area contributed by atoms with Crippen molar-refractivity contribution in [2.24, 2.45) is 0 Å². The van der Waals surface area contributed by atoms with Gasteiger partial charge in [-0.1, -0.05) is 28.1 Å². The summed E-state index contributed by atoms with van der Waals surface area (Å²) >= 11 is 3.41. The highest BCUT2D eigenvalue weighted by molar-refractivity contribution is 9.10. The fraction of sp³-hybridized carbons (Fsp3) is 0.316. The van der Waals surface area contributed by atoms with Crippen LogP contribution in [0.4, 0.5) is 0 Å². The average molecular weight is 392 g/mol. The molecule has 128 valence electrons. The maximum Gasteiger partial charge on any atom is 0.251 e. The molecule has 0 aliphatic heterocycles. The third-order valence-electron chi connectivity index (χ3n) is 3.52. The van der Waals surface area contributed by atoms with E-state index in [9.17, 15) is 4.79 Å². The Bertz CT molecular complexity index is 686. The highest BCUT2D eigenvalue weighted by Gasteiger charge is 2.14. The number of carbonyl (C=O) groups excluding carboxylic acids is 1. The molecule has 0 heterocycles. The zero-order valence-electron chi connectivity index (χ0n) is 14.1. The Labute approximate surface area is 151 Å². The Hall–Kier alpha value is -2.01. The van der Waals surface area contributed by atoms with Gasteiger partial charge in [0.25, 0.3) is 5.91 Å². The van der Waals surface area contributed by atoms with E-state index in [-0.39, 0.29) is 11.9 Å². The summed E-state index contributed by atoms with van der Waals surface area (Å²) in [6.45, 7) is 6.83. The quantitative estimate of drug-likeness (QED) is 0.741. The van der Waals surface area contributed by atoms with Gasteiger partial charge >= 0.3 is 0 Å². The van der Waals surface area contributed by atoms with E-state index in [0.717, 1.165) is 10.0 Å². The van der Waals surface area contributed by atoms with Crippen LogP contribution < -0.4 is 14.8 Å². The summed E-state index contributed by atoms with van der Waals surface area (Å²) in [6.07, 6.45) is 0. The van der Waals surface area contributed by atoms with E-state index in [0.29, 0.717) is 30.3 Å². The minimum absolute atomic E-state index is 0.0901. The van der Waals surface area contributed by atoms with Gasteiger partial charge in [-0.25, -0.2) is 0 Å². The lowest BCUT2D eigenvalue weighted by Gasteiger charge is -2.16. The van der Waals surface area contributed by atoms with Crippen LogP contribution in [0.2, 0.25) is 0 Å². The minimum atomic E-state index is -0.144. The summed E-state index contributed by atoms with van der Waals surface area (Å²) < 4.78 is 12.1. The van der Waals surface area contributed by atoms with E-state index in [4.69, 9.17) is 9.47 Å². The number of hydrogen-bond acceptors (Lipinski definition) is 3. The summed E-state index contributed by atoms with van der Waals surface area (Å²) in [6, 6.07) is 13.0. The molecule has 1 amide bonds. The van der Waals surface area contributed by atoms with Crippen molar-refractivity contribution in [1.82, 2.24) is 5.32 Å². The molecule has 2 aromatic carbocycles. The Balaban J connectivity index is 2.13. The number of carbonyl (C=O) groups is 1. The number of benzene rings is 2. The first-order valence-corrected chi connectivity index (χ1v) is 8.80. The molecule has 0 aliphatic carbocycles. The van der Waals surface area contributed by atoms with Crippen molar-refractivity contribution in [3.8, 4) is 11.5 Å². The van der Waals surface area contributed by atoms with Crippen molar-refractivity contribution < 1.29 is 14.3 Å². The maximum absolute atomic E-state index is 12.5. The standard InChI is InChI=1S/C19H22BrNO3/c1-4-23-17-11-8-15(12-18(17)24-5-2)19(22)21-13(3)14-6-9-16(20)10-7-14/h6-13H,4-5H2,1-3H3,(H,21,22). The Morgan fingerprint density at radius 1 is 1.04 bits per heavy atom. The number of hydrogen-bond donors (Lipinski definition) is 1. The lowest BCUT2D eigenvalue weighted by atomic mass is 10.1. The summed E-state index contributed by atoms with van der Waals surface area (Å²) in [5.41, 5.74) is 1.59. The molecule has 5 heteroatoms. The predicted molar refractivity (Wildman–Crippen MR) is 98.8 cm³/mol. The Kier molecular flexibility index (Phi) is 6.67. The lowest BCUT2D eigenvalue weighted by molar-refractivity contribution is 0.0939. The predicted octanol–water partition coefficient (Wildman–Crippen LogP) is 4.74. The summed E-state index contributed by atoms with van der Waals surface area (Å²) in [5.74, 6) is 1.09. The zero-order valence-corrected chi connectivity index (χ0v) is 15.7. The zero-order chi connectivity index (χ0) is 17.5. The Morgan fingerprint density at radius 2 is 1.67 bits per heavy atom. The first-order chi connectivity index (χ1) is 11.5. The van der Waals surface area contributed by atoms with E-state index in [2.05, 4.69) is 21.2 Å². The van der Waals surface area contributed by atoms with E-state index >= 15 is 0 Å². The molecule has 24 heavy (non-hydrogen) atoms. The molecule has 0 radical (unpaired) electrons. The Morgan fingerprint density at radius 3 is 2.29 bits per heavy atom. The molecule has 0 spiro atoms. The van der Waals surface area contributed by atoms with E-state index in [1.54, 1.807) is 18.2 Å². The van der Waals surface area contributed by atoms with E-state index < -0.39 is 0 Å². The number of amides is 1. The smallest absolute Gasteiger partial charge is 0.251 e. The van der Waals surface area contributed by atoms with Gasteiger partial charge in [0.15, 0.2) is 11.5 Å². The summed E-state index contributed by atoms with van der Waals surface area (Å²) in [4.78, 5) is 12.5. The van der Waals surface area contributed by atoms with Crippen LogP contribution in [0.5, 0.6) is 11.5 Å². The van der Waals surface area contributed by atoms with Crippen LogP contribution in [0.1, 0.15) is 42.7 Å². The molecule has 2 rings (SSSR count). The van der Waals surface area contributed by atoms with Gasteiger partial charge in [-0.2, -0.15) is 0 Å². The molecular formula is C19H22BrNO3. The van der Waals surface area contributed by atoms with Gasteiger partial charge in [0.2, 0.25) is 0 Å².